The fourth-order valence-electron chi connectivity index (χ4n) is 1.86. The SMILES string of the molecule is CS(=O)(=O)CCCn1c(=S)[nH]c2cc(Cl)c(F)cc21. The van der Waals surface area contributed by atoms with Gasteiger partial charge in [-0.1, -0.05) is 11.6 Å². The van der Waals surface area contributed by atoms with E-state index in [-0.39, 0.29) is 10.8 Å². The lowest BCUT2D eigenvalue weighted by Gasteiger charge is -2.04. The van der Waals surface area contributed by atoms with Gasteiger partial charge >= 0.3 is 0 Å². The molecule has 0 atom stereocenters. The first-order valence-corrected chi connectivity index (χ1v) is 8.38. The number of nitrogens with one attached hydrogen (secondary N) is 1. The number of benzene rings is 1. The van der Waals surface area contributed by atoms with Crippen LogP contribution in [0.25, 0.3) is 11.0 Å². The van der Waals surface area contributed by atoms with Gasteiger partial charge in [0.05, 0.1) is 21.8 Å². The summed E-state index contributed by atoms with van der Waals surface area (Å²) in [6.45, 7) is 0.410. The smallest absolute Gasteiger partial charge is 0.178 e. The Morgan fingerprint density at radius 2 is 2.16 bits per heavy atom. The highest BCUT2D eigenvalue weighted by molar-refractivity contribution is 7.90. The third kappa shape index (κ3) is 3.34. The number of halogens is 2. The van der Waals surface area contributed by atoms with Gasteiger partial charge in [-0.25, -0.2) is 12.8 Å². The van der Waals surface area contributed by atoms with Crippen LogP contribution in [0.15, 0.2) is 12.1 Å². The molecule has 1 N–H and O–H groups in total. The number of hydrogen-bond acceptors (Lipinski definition) is 3. The molecule has 1 heterocycles. The lowest BCUT2D eigenvalue weighted by atomic mass is 10.3. The van der Waals surface area contributed by atoms with Crippen molar-refractivity contribution in [1.82, 2.24) is 9.55 Å². The number of aryl methyl sites for hydroxylation is 1. The first kappa shape index (κ1) is 14.5. The van der Waals surface area contributed by atoms with Crippen molar-refractivity contribution in [1.29, 1.82) is 0 Å². The summed E-state index contributed by atoms with van der Waals surface area (Å²) < 4.78 is 37.7. The van der Waals surface area contributed by atoms with Gasteiger partial charge < -0.3 is 9.55 Å². The van der Waals surface area contributed by atoms with E-state index < -0.39 is 15.7 Å². The molecule has 0 spiro atoms. The molecule has 0 fully saturated rings. The third-order valence-corrected chi connectivity index (χ3v) is 4.36. The molecule has 0 aliphatic heterocycles. The maximum Gasteiger partial charge on any atom is 0.178 e. The summed E-state index contributed by atoms with van der Waals surface area (Å²) >= 11 is 10.8. The molecule has 0 unspecified atom stereocenters. The highest BCUT2D eigenvalue weighted by Gasteiger charge is 2.10. The number of aromatic nitrogens is 2. The summed E-state index contributed by atoms with van der Waals surface area (Å²) in [6.07, 6.45) is 1.60. The second kappa shape index (κ2) is 5.22. The van der Waals surface area contributed by atoms with Crippen molar-refractivity contribution >= 4 is 44.7 Å². The van der Waals surface area contributed by atoms with Gasteiger partial charge in [0.2, 0.25) is 0 Å². The van der Waals surface area contributed by atoms with Crippen molar-refractivity contribution in [2.24, 2.45) is 0 Å². The Bertz CT molecular complexity index is 780. The standard InChI is InChI=1S/C11H12ClFN2O2S2/c1-19(16,17)4-2-3-15-10-6-8(13)7(12)5-9(10)14-11(15)18/h5-6H,2-4H2,1H3,(H,14,18). The maximum atomic E-state index is 13.5. The fourth-order valence-corrected chi connectivity index (χ4v) is 2.98. The number of H-pyrrole nitrogens is 1. The monoisotopic (exact) mass is 322 g/mol. The first-order chi connectivity index (χ1) is 8.78. The fraction of sp³-hybridized carbons (Fsp3) is 0.364. The molecule has 2 rings (SSSR count). The Balaban J connectivity index is 2.35. The molecule has 8 heteroatoms. The van der Waals surface area contributed by atoms with Crippen LogP contribution in [0.4, 0.5) is 4.39 Å². The van der Waals surface area contributed by atoms with E-state index >= 15 is 0 Å². The zero-order valence-corrected chi connectivity index (χ0v) is 12.5. The van der Waals surface area contributed by atoms with E-state index in [1.807, 2.05) is 0 Å². The molecule has 4 nitrogen and oxygen atoms in total. The summed E-state index contributed by atoms with van der Waals surface area (Å²) in [5.74, 6) is -0.461. The molecule has 0 saturated carbocycles. The van der Waals surface area contributed by atoms with Crippen molar-refractivity contribution in [3.63, 3.8) is 0 Å². The molecule has 0 aliphatic carbocycles. The van der Waals surface area contributed by atoms with Crippen LogP contribution in [0.1, 0.15) is 6.42 Å². The van der Waals surface area contributed by atoms with Gasteiger partial charge in [0.1, 0.15) is 15.7 Å². The van der Waals surface area contributed by atoms with Gasteiger partial charge in [-0.05, 0) is 24.7 Å². The Morgan fingerprint density at radius 3 is 2.79 bits per heavy atom. The van der Waals surface area contributed by atoms with Crippen LogP contribution in [0.3, 0.4) is 0 Å². The van der Waals surface area contributed by atoms with Crippen LogP contribution in [0.2, 0.25) is 5.02 Å². The van der Waals surface area contributed by atoms with Gasteiger partial charge in [0.15, 0.2) is 4.77 Å². The molecule has 0 aliphatic rings. The number of aromatic amines is 1. The number of hydrogen-bond donors (Lipinski definition) is 1. The zero-order chi connectivity index (χ0) is 14.2. The van der Waals surface area contributed by atoms with E-state index in [2.05, 4.69) is 4.98 Å². The Kier molecular flexibility index (Phi) is 3.98. The highest BCUT2D eigenvalue weighted by atomic mass is 35.5. The van der Waals surface area contributed by atoms with Crippen LogP contribution < -0.4 is 0 Å². The normalized spacial score (nSPS) is 12.2. The zero-order valence-electron chi connectivity index (χ0n) is 10.1. The highest BCUT2D eigenvalue weighted by Crippen LogP contribution is 2.22. The summed E-state index contributed by atoms with van der Waals surface area (Å²) in [7, 11) is -3.01. The molecule has 19 heavy (non-hydrogen) atoms. The van der Waals surface area contributed by atoms with E-state index in [0.29, 0.717) is 28.8 Å². The molecule has 1 aromatic heterocycles. The van der Waals surface area contributed by atoms with Gasteiger partial charge in [0, 0.05) is 18.9 Å². The lowest BCUT2D eigenvalue weighted by molar-refractivity contribution is 0.592. The molecule has 0 amide bonds. The second-order valence-corrected chi connectivity index (χ2v) is 7.40. The van der Waals surface area contributed by atoms with Crippen molar-refractivity contribution in [3.05, 3.63) is 27.7 Å². The molecule has 0 saturated heterocycles. The predicted molar refractivity (Wildman–Crippen MR) is 76.4 cm³/mol. The molecular weight excluding hydrogens is 311 g/mol. The number of rotatable bonds is 4. The minimum atomic E-state index is -3.01. The summed E-state index contributed by atoms with van der Waals surface area (Å²) in [5.41, 5.74) is 1.22. The molecular formula is C11H12ClFN2O2S2. The summed E-state index contributed by atoms with van der Waals surface area (Å²) in [6, 6.07) is 2.76. The first-order valence-electron chi connectivity index (χ1n) is 5.53. The van der Waals surface area contributed by atoms with E-state index in [1.165, 1.54) is 18.4 Å². The summed E-state index contributed by atoms with van der Waals surface area (Å²) in [5, 5.41) is 0.0204. The van der Waals surface area contributed by atoms with Crippen LogP contribution in [0, 0.1) is 10.6 Å². The number of imidazole rings is 1. The molecule has 104 valence electrons. The van der Waals surface area contributed by atoms with Gasteiger partial charge in [-0.3, -0.25) is 0 Å². The Labute approximate surface area is 120 Å². The Hall–Kier alpha value is -0.920. The van der Waals surface area contributed by atoms with Crippen LogP contribution in [0.5, 0.6) is 0 Å². The van der Waals surface area contributed by atoms with E-state index in [9.17, 15) is 12.8 Å². The lowest BCUT2D eigenvalue weighted by Crippen LogP contribution is -2.07. The van der Waals surface area contributed by atoms with Crippen molar-refractivity contribution in [2.45, 2.75) is 13.0 Å². The molecule has 1 aromatic carbocycles. The van der Waals surface area contributed by atoms with Gasteiger partial charge in [-0.15, -0.1) is 0 Å². The van der Waals surface area contributed by atoms with Crippen LogP contribution in [-0.4, -0.2) is 30.0 Å². The quantitative estimate of drug-likeness (QED) is 0.881. The molecule has 0 radical (unpaired) electrons. The average Bonchev–Trinajstić information content (AvgIpc) is 2.55. The maximum absolute atomic E-state index is 13.5. The van der Waals surface area contributed by atoms with Crippen molar-refractivity contribution < 1.29 is 12.8 Å². The van der Waals surface area contributed by atoms with E-state index in [0.717, 1.165) is 0 Å². The summed E-state index contributed by atoms with van der Waals surface area (Å²) in [4.78, 5) is 2.92. The molecule has 0 bridgehead atoms. The largest absolute Gasteiger partial charge is 0.331 e. The van der Waals surface area contributed by atoms with Crippen molar-refractivity contribution in [2.75, 3.05) is 12.0 Å². The molecule has 2 aromatic rings. The van der Waals surface area contributed by atoms with Crippen LogP contribution in [-0.2, 0) is 16.4 Å². The second-order valence-electron chi connectivity index (χ2n) is 4.35. The number of fused-ring (bicyclic) bond motifs is 1. The predicted octanol–water partition coefficient (Wildman–Crippen LogP) is 2.93. The topological polar surface area (TPSA) is 54.9 Å². The van der Waals surface area contributed by atoms with Crippen molar-refractivity contribution in [3.8, 4) is 0 Å². The van der Waals surface area contributed by atoms with Gasteiger partial charge in [-0.2, -0.15) is 0 Å². The minimum absolute atomic E-state index is 0.0204. The number of sulfone groups is 1. The van der Waals surface area contributed by atoms with Crippen LogP contribution >= 0.6 is 23.8 Å². The van der Waals surface area contributed by atoms with Gasteiger partial charge in [0.25, 0.3) is 0 Å². The average molecular weight is 323 g/mol. The minimum Gasteiger partial charge on any atom is -0.331 e. The van der Waals surface area contributed by atoms with E-state index in [1.54, 1.807) is 4.57 Å². The van der Waals surface area contributed by atoms with E-state index in [4.69, 9.17) is 23.8 Å². The Morgan fingerprint density at radius 1 is 1.47 bits per heavy atom. The third-order valence-electron chi connectivity index (χ3n) is 2.71. The number of nitrogens with zero attached hydrogens (tertiary/aromatic N) is 1.